The van der Waals surface area contributed by atoms with Crippen LogP contribution in [0.1, 0.15) is 17.2 Å². The maximum absolute atomic E-state index is 13.8. The summed E-state index contributed by atoms with van der Waals surface area (Å²) < 4.78 is 53.8. The zero-order valence-corrected chi connectivity index (χ0v) is 11.8. The summed E-state index contributed by atoms with van der Waals surface area (Å²) in [5.41, 5.74) is 0.230. The first kappa shape index (κ1) is 15.8. The summed E-state index contributed by atoms with van der Waals surface area (Å²) in [6.45, 7) is 0. The quantitative estimate of drug-likeness (QED) is 0.651. The first-order chi connectivity index (χ1) is 9.93. The zero-order valence-electron chi connectivity index (χ0n) is 11.1. The highest BCUT2D eigenvalue weighted by Crippen LogP contribution is 2.26. The second-order valence-corrected chi connectivity index (χ2v) is 4.98. The molecule has 0 spiro atoms. The molecule has 0 aliphatic heterocycles. The fraction of sp³-hybridized carbons (Fsp3) is 0.200. The molecule has 2 aromatic carbocycles. The lowest BCUT2D eigenvalue weighted by atomic mass is 9.98. The van der Waals surface area contributed by atoms with Crippen LogP contribution in [0, 0.1) is 23.3 Å². The fourth-order valence-electron chi connectivity index (χ4n) is 2.08. The maximum Gasteiger partial charge on any atom is 0.194 e. The first-order valence-corrected chi connectivity index (χ1v) is 6.56. The third-order valence-electron chi connectivity index (χ3n) is 3.23. The number of hydrogen-bond acceptors (Lipinski definition) is 1. The zero-order chi connectivity index (χ0) is 15.6. The topological polar surface area (TPSA) is 12.0 Å². The second kappa shape index (κ2) is 6.45. The van der Waals surface area contributed by atoms with Gasteiger partial charge in [-0.2, -0.15) is 0 Å². The predicted octanol–water partition coefficient (Wildman–Crippen LogP) is 4.40. The van der Waals surface area contributed by atoms with E-state index in [4.69, 9.17) is 11.6 Å². The van der Waals surface area contributed by atoms with E-state index in [2.05, 4.69) is 5.32 Å². The Bertz CT molecular complexity index is 660. The van der Waals surface area contributed by atoms with Crippen LogP contribution in [0.5, 0.6) is 0 Å². The number of benzene rings is 2. The molecule has 0 radical (unpaired) electrons. The summed E-state index contributed by atoms with van der Waals surface area (Å²) in [6.07, 6.45) is 0.0709. The van der Waals surface area contributed by atoms with Gasteiger partial charge in [0.15, 0.2) is 17.5 Å². The Morgan fingerprint density at radius 3 is 2.33 bits per heavy atom. The van der Waals surface area contributed by atoms with Crippen LogP contribution in [-0.2, 0) is 6.42 Å². The van der Waals surface area contributed by atoms with Crippen LogP contribution in [0.4, 0.5) is 17.6 Å². The van der Waals surface area contributed by atoms with Gasteiger partial charge in [0.05, 0.1) is 0 Å². The van der Waals surface area contributed by atoms with Crippen molar-refractivity contribution in [3.05, 3.63) is 69.8 Å². The minimum Gasteiger partial charge on any atom is -0.313 e. The van der Waals surface area contributed by atoms with Crippen LogP contribution in [0.2, 0.25) is 5.02 Å². The standard InChI is InChI=1S/C15H12ClF4N/c1-21-13(6-8-2-3-9(16)7-12(8)18)10-4-5-11(17)15(20)14(10)19/h2-5,7,13,21H,6H2,1H3. The maximum atomic E-state index is 13.8. The molecule has 2 rings (SSSR count). The van der Waals surface area contributed by atoms with Gasteiger partial charge in [0, 0.05) is 16.6 Å². The fourth-order valence-corrected chi connectivity index (χ4v) is 2.24. The average molecular weight is 318 g/mol. The van der Waals surface area contributed by atoms with Crippen LogP contribution >= 0.6 is 11.6 Å². The van der Waals surface area contributed by atoms with Crippen LogP contribution in [-0.4, -0.2) is 7.05 Å². The normalized spacial score (nSPS) is 12.5. The van der Waals surface area contributed by atoms with Crippen LogP contribution in [0.3, 0.4) is 0 Å². The van der Waals surface area contributed by atoms with Crippen molar-refractivity contribution in [2.75, 3.05) is 7.05 Å². The summed E-state index contributed by atoms with van der Waals surface area (Å²) >= 11 is 5.66. The lowest BCUT2D eigenvalue weighted by Crippen LogP contribution is -2.21. The Balaban J connectivity index is 2.34. The summed E-state index contributed by atoms with van der Waals surface area (Å²) in [6, 6.07) is 5.41. The highest BCUT2D eigenvalue weighted by Gasteiger charge is 2.21. The smallest absolute Gasteiger partial charge is 0.194 e. The molecule has 0 heterocycles. The Labute approximate surface area is 124 Å². The Morgan fingerprint density at radius 1 is 1.00 bits per heavy atom. The molecule has 6 heteroatoms. The number of rotatable bonds is 4. The van der Waals surface area contributed by atoms with Gasteiger partial charge in [0.1, 0.15) is 5.82 Å². The molecule has 21 heavy (non-hydrogen) atoms. The first-order valence-electron chi connectivity index (χ1n) is 6.18. The van der Waals surface area contributed by atoms with E-state index in [0.717, 1.165) is 18.2 Å². The van der Waals surface area contributed by atoms with Crippen LogP contribution < -0.4 is 5.32 Å². The van der Waals surface area contributed by atoms with Crippen molar-refractivity contribution in [1.29, 1.82) is 0 Å². The number of likely N-dealkylation sites (N-methyl/N-ethyl adjacent to an activating group) is 1. The van der Waals surface area contributed by atoms with Crippen molar-refractivity contribution in [1.82, 2.24) is 5.32 Å². The minimum atomic E-state index is -1.54. The van der Waals surface area contributed by atoms with Crippen molar-refractivity contribution in [3.63, 3.8) is 0 Å². The van der Waals surface area contributed by atoms with E-state index in [1.165, 1.54) is 19.2 Å². The van der Waals surface area contributed by atoms with Gasteiger partial charge in [0.25, 0.3) is 0 Å². The highest BCUT2D eigenvalue weighted by atomic mass is 35.5. The molecule has 0 aliphatic carbocycles. The van der Waals surface area contributed by atoms with Gasteiger partial charge in [0.2, 0.25) is 0 Å². The monoisotopic (exact) mass is 317 g/mol. The van der Waals surface area contributed by atoms with Crippen molar-refractivity contribution in [3.8, 4) is 0 Å². The molecule has 0 bridgehead atoms. The van der Waals surface area contributed by atoms with Crippen molar-refractivity contribution < 1.29 is 17.6 Å². The third kappa shape index (κ3) is 3.36. The van der Waals surface area contributed by atoms with Gasteiger partial charge < -0.3 is 5.32 Å². The van der Waals surface area contributed by atoms with E-state index < -0.39 is 29.3 Å². The summed E-state index contributed by atoms with van der Waals surface area (Å²) in [7, 11) is 1.53. The van der Waals surface area contributed by atoms with E-state index in [0.29, 0.717) is 5.56 Å². The van der Waals surface area contributed by atoms with Gasteiger partial charge in [-0.25, -0.2) is 17.6 Å². The summed E-state index contributed by atoms with van der Waals surface area (Å²) in [4.78, 5) is 0. The molecule has 112 valence electrons. The van der Waals surface area contributed by atoms with E-state index in [1.807, 2.05) is 0 Å². The van der Waals surface area contributed by atoms with Gasteiger partial charge in [-0.1, -0.05) is 23.7 Å². The molecule has 1 nitrogen and oxygen atoms in total. The SMILES string of the molecule is CNC(Cc1ccc(Cl)cc1F)c1ccc(F)c(F)c1F. The minimum absolute atomic E-state index is 0.0641. The molecule has 0 amide bonds. The summed E-state index contributed by atoms with van der Waals surface area (Å²) in [5.74, 6) is -4.61. The molecule has 0 saturated carbocycles. The molecule has 2 aromatic rings. The average Bonchev–Trinajstić information content (AvgIpc) is 2.45. The Kier molecular flexibility index (Phi) is 4.85. The molecule has 0 fully saturated rings. The van der Waals surface area contributed by atoms with E-state index in [-0.39, 0.29) is 17.0 Å². The van der Waals surface area contributed by atoms with Crippen molar-refractivity contribution in [2.24, 2.45) is 0 Å². The third-order valence-corrected chi connectivity index (χ3v) is 3.46. The van der Waals surface area contributed by atoms with E-state index >= 15 is 0 Å². The van der Waals surface area contributed by atoms with Gasteiger partial charge in [-0.15, -0.1) is 0 Å². The second-order valence-electron chi connectivity index (χ2n) is 4.55. The number of hydrogen-bond donors (Lipinski definition) is 1. The molecular weight excluding hydrogens is 306 g/mol. The molecule has 0 aliphatic rings. The lowest BCUT2D eigenvalue weighted by Gasteiger charge is -2.18. The molecule has 1 N–H and O–H groups in total. The molecule has 0 aromatic heterocycles. The van der Waals surface area contributed by atoms with Gasteiger partial charge >= 0.3 is 0 Å². The largest absolute Gasteiger partial charge is 0.313 e. The van der Waals surface area contributed by atoms with Crippen LogP contribution in [0.25, 0.3) is 0 Å². The Hall–Kier alpha value is -1.59. The molecule has 0 saturated heterocycles. The molecular formula is C15H12ClF4N. The number of halogens is 5. The molecule has 1 atom stereocenters. The number of nitrogens with one attached hydrogen (secondary N) is 1. The van der Waals surface area contributed by atoms with Crippen molar-refractivity contribution in [2.45, 2.75) is 12.5 Å². The van der Waals surface area contributed by atoms with Crippen molar-refractivity contribution >= 4 is 11.6 Å². The van der Waals surface area contributed by atoms with Crippen LogP contribution in [0.15, 0.2) is 30.3 Å². The van der Waals surface area contributed by atoms with E-state index in [1.54, 1.807) is 0 Å². The lowest BCUT2D eigenvalue weighted by molar-refractivity contribution is 0.427. The summed E-state index contributed by atoms with van der Waals surface area (Å²) in [5, 5.41) is 3.01. The highest BCUT2D eigenvalue weighted by molar-refractivity contribution is 6.30. The van der Waals surface area contributed by atoms with E-state index in [9.17, 15) is 17.6 Å². The van der Waals surface area contributed by atoms with Gasteiger partial charge in [-0.3, -0.25) is 0 Å². The van der Waals surface area contributed by atoms with Gasteiger partial charge in [-0.05, 0) is 37.2 Å². The predicted molar refractivity (Wildman–Crippen MR) is 73.2 cm³/mol. The molecule has 1 unspecified atom stereocenters. The Morgan fingerprint density at radius 2 is 1.71 bits per heavy atom.